The van der Waals surface area contributed by atoms with E-state index < -0.39 is 5.97 Å². The van der Waals surface area contributed by atoms with Gasteiger partial charge in [-0.1, -0.05) is 30.6 Å². The molecule has 0 saturated heterocycles. The van der Waals surface area contributed by atoms with Gasteiger partial charge in [0.1, 0.15) is 5.75 Å². The number of carbonyl (C=O) groups excluding carboxylic acids is 1. The van der Waals surface area contributed by atoms with Crippen LogP contribution in [0.25, 0.3) is 10.8 Å². The van der Waals surface area contributed by atoms with Crippen molar-refractivity contribution >= 4 is 16.7 Å². The van der Waals surface area contributed by atoms with Gasteiger partial charge in [0.2, 0.25) is 0 Å². The number of nitrogens with zero attached hydrogens (tertiary/aromatic N) is 1. The fourth-order valence-corrected chi connectivity index (χ4v) is 2.64. The number of hydrogen-bond acceptors (Lipinski definition) is 4. The Kier molecular flexibility index (Phi) is 6.66. The van der Waals surface area contributed by atoms with Crippen molar-refractivity contribution in [2.45, 2.75) is 6.42 Å². The van der Waals surface area contributed by atoms with Crippen LogP contribution in [0.3, 0.4) is 0 Å². The van der Waals surface area contributed by atoms with E-state index in [1.54, 1.807) is 12.1 Å². The highest BCUT2D eigenvalue weighted by atomic mass is 16.5. The Morgan fingerprint density at radius 3 is 2.31 bits per heavy atom. The van der Waals surface area contributed by atoms with Gasteiger partial charge < -0.3 is 9.47 Å². The first-order valence-corrected chi connectivity index (χ1v) is 9.16. The van der Waals surface area contributed by atoms with E-state index in [1.807, 2.05) is 48.5 Å². The number of esters is 1. The second kappa shape index (κ2) is 9.78. The first-order chi connectivity index (χ1) is 14.2. The second-order valence-corrected chi connectivity index (χ2v) is 6.24. The molecule has 3 aromatic carbocycles. The lowest BCUT2D eigenvalue weighted by Crippen LogP contribution is -2.06. The number of carbonyl (C=O) groups is 1. The molecule has 0 aliphatic rings. The van der Waals surface area contributed by atoms with Crippen LogP contribution in [0.2, 0.25) is 0 Å². The van der Waals surface area contributed by atoms with Gasteiger partial charge in [-0.05, 0) is 59.3 Å². The highest BCUT2D eigenvalue weighted by molar-refractivity contribution is 5.85. The number of hydrogen-bond donors (Lipinski definition) is 0. The Morgan fingerprint density at radius 1 is 0.897 bits per heavy atom. The van der Waals surface area contributed by atoms with Crippen LogP contribution in [0.15, 0.2) is 73.3 Å². The molecular formula is C25H19NO3. The van der Waals surface area contributed by atoms with Crippen LogP contribution in [-0.2, 0) is 9.53 Å². The van der Waals surface area contributed by atoms with Crippen LogP contribution in [-0.4, -0.2) is 19.2 Å². The molecule has 0 unspecified atom stereocenters. The predicted molar refractivity (Wildman–Crippen MR) is 112 cm³/mol. The van der Waals surface area contributed by atoms with Gasteiger partial charge in [-0.3, -0.25) is 0 Å². The maximum Gasteiger partial charge on any atom is 0.330 e. The standard InChI is InChI=1S/C25H19NO3/c1-2-25(27)29-15-3-14-28-24-13-12-22-16-20(10-11-23(22)17-24)7-4-19-5-8-21(18-26)9-6-19/h2,5-6,8-13,16-17H,1,3,14-15H2. The molecule has 0 aliphatic heterocycles. The summed E-state index contributed by atoms with van der Waals surface area (Å²) in [5, 5.41) is 11.0. The van der Waals surface area contributed by atoms with E-state index in [2.05, 4.69) is 24.5 Å². The molecule has 0 amide bonds. The maximum atomic E-state index is 11.0. The summed E-state index contributed by atoms with van der Waals surface area (Å²) < 4.78 is 10.6. The minimum Gasteiger partial charge on any atom is -0.493 e. The zero-order valence-corrected chi connectivity index (χ0v) is 15.9. The molecule has 0 fully saturated rings. The van der Waals surface area contributed by atoms with Crippen molar-refractivity contribution < 1.29 is 14.3 Å². The summed E-state index contributed by atoms with van der Waals surface area (Å²) in [6.07, 6.45) is 1.76. The van der Waals surface area contributed by atoms with Gasteiger partial charge in [0.25, 0.3) is 0 Å². The van der Waals surface area contributed by atoms with Crippen LogP contribution in [0, 0.1) is 23.2 Å². The molecule has 4 nitrogen and oxygen atoms in total. The van der Waals surface area contributed by atoms with Gasteiger partial charge >= 0.3 is 5.97 Å². The van der Waals surface area contributed by atoms with Gasteiger partial charge in [0.05, 0.1) is 24.8 Å². The first-order valence-electron chi connectivity index (χ1n) is 9.16. The summed E-state index contributed by atoms with van der Waals surface area (Å²) in [5.74, 6) is 6.61. The predicted octanol–water partition coefficient (Wildman–Crippen LogP) is 4.61. The molecular weight excluding hydrogens is 362 g/mol. The van der Waals surface area contributed by atoms with Gasteiger partial charge in [-0.15, -0.1) is 0 Å². The van der Waals surface area contributed by atoms with Crippen molar-refractivity contribution in [3.63, 3.8) is 0 Å². The normalized spacial score (nSPS) is 9.76. The number of nitriles is 1. The molecule has 0 spiro atoms. The van der Waals surface area contributed by atoms with Crippen molar-refractivity contribution in [1.29, 1.82) is 5.26 Å². The lowest BCUT2D eigenvalue weighted by atomic mass is 10.1. The van der Waals surface area contributed by atoms with Crippen LogP contribution in [0.1, 0.15) is 23.1 Å². The summed E-state index contributed by atoms with van der Waals surface area (Å²) in [7, 11) is 0. The smallest absolute Gasteiger partial charge is 0.330 e. The molecule has 0 radical (unpaired) electrons. The summed E-state index contributed by atoms with van der Waals surface area (Å²) in [6.45, 7) is 4.12. The molecule has 3 aromatic rings. The molecule has 0 saturated carbocycles. The van der Waals surface area contributed by atoms with Gasteiger partial charge in [0, 0.05) is 23.6 Å². The van der Waals surface area contributed by atoms with E-state index in [-0.39, 0.29) is 0 Å². The van der Waals surface area contributed by atoms with E-state index in [1.165, 1.54) is 0 Å². The zero-order valence-electron chi connectivity index (χ0n) is 15.9. The third kappa shape index (κ3) is 5.73. The minimum absolute atomic E-state index is 0.305. The van der Waals surface area contributed by atoms with Gasteiger partial charge in [-0.2, -0.15) is 5.26 Å². The number of benzene rings is 3. The third-order valence-corrected chi connectivity index (χ3v) is 4.15. The Balaban J connectivity index is 1.62. The Labute approximate surface area is 170 Å². The quantitative estimate of drug-likeness (QED) is 0.271. The number of ether oxygens (including phenoxy) is 2. The Bertz CT molecular complexity index is 1130. The largest absolute Gasteiger partial charge is 0.493 e. The summed E-state index contributed by atoms with van der Waals surface area (Å²) in [5.41, 5.74) is 2.41. The fourth-order valence-electron chi connectivity index (χ4n) is 2.64. The maximum absolute atomic E-state index is 11.0. The van der Waals surface area contributed by atoms with Crippen molar-refractivity contribution in [3.05, 3.63) is 90.0 Å². The van der Waals surface area contributed by atoms with E-state index in [0.717, 1.165) is 33.7 Å². The van der Waals surface area contributed by atoms with Crippen LogP contribution >= 0.6 is 0 Å². The Hall–Kier alpha value is -4.02. The van der Waals surface area contributed by atoms with Crippen molar-refractivity contribution in [3.8, 4) is 23.7 Å². The first kappa shape index (κ1) is 19.7. The molecule has 29 heavy (non-hydrogen) atoms. The van der Waals surface area contributed by atoms with Crippen LogP contribution < -0.4 is 4.74 Å². The molecule has 0 bridgehead atoms. The summed E-state index contributed by atoms with van der Waals surface area (Å²) in [6, 6.07) is 21.2. The van der Waals surface area contributed by atoms with E-state index in [4.69, 9.17) is 14.7 Å². The molecule has 0 atom stereocenters. The monoisotopic (exact) mass is 381 g/mol. The molecule has 4 heteroatoms. The lowest BCUT2D eigenvalue weighted by Gasteiger charge is -2.08. The molecule has 0 aromatic heterocycles. The highest BCUT2D eigenvalue weighted by Crippen LogP contribution is 2.22. The summed E-state index contributed by atoms with van der Waals surface area (Å²) >= 11 is 0. The average Bonchev–Trinajstić information content (AvgIpc) is 2.77. The van der Waals surface area contributed by atoms with E-state index >= 15 is 0 Å². The van der Waals surface area contributed by atoms with Gasteiger partial charge in [0.15, 0.2) is 0 Å². The molecule has 142 valence electrons. The van der Waals surface area contributed by atoms with E-state index in [0.29, 0.717) is 25.2 Å². The zero-order chi connectivity index (χ0) is 20.5. The third-order valence-electron chi connectivity index (χ3n) is 4.15. The Morgan fingerprint density at radius 2 is 1.55 bits per heavy atom. The summed E-state index contributed by atoms with van der Waals surface area (Å²) in [4.78, 5) is 11.0. The molecule has 0 aliphatic carbocycles. The highest BCUT2D eigenvalue weighted by Gasteiger charge is 2.00. The molecule has 0 heterocycles. The average molecular weight is 381 g/mol. The minimum atomic E-state index is -0.422. The van der Waals surface area contributed by atoms with Crippen LogP contribution in [0.4, 0.5) is 0 Å². The lowest BCUT2D eigenvalue weighted by molar-refractivity contribution is -0.137. The second-order valence-electron chi connectivity index (χ2n) is 6.24. The van der Waals surface area contributed by atoms with Crippen molar-refractivity contribution in [2.75, 3.05) is 13.2 Å². The van der Waals surface area contributed by atoms with Crippen molar-refractivity contribution in [1.82, 2.24) is 0 Å². The van der Waals surface area contributed by atoms with Gasteiger partial charge in [-0.25, -0.2) is 4.79 Å². The number of fused-ring (bicyclic) bond motifs is 1. The topological polar surface area (TPSA) is 59.3 Å². The van der Waals surface area contributed by atoms with Crippen molar-refractivity contribution in [2.24, 2.45) is 0 Å². The molecule has 0 N–H and O–H groups in total. The van der Waals surface area contributed by atoms with E-state index in [9.17, 15) is 4.79 Å². The number of rotatable bonds is 6. The van der Waals surface area contributed by atoms with Crippen LogP contribution in [0.5, 0.6) is 5.75 Å². The fraction of sp³-hybridized carbons (Fsp3) is 0.120. The molecule has 3 rings (SSSR count). The SMILES string of the molecule is C=CC(=O)OCCCOc1ccc2cc(C#Cc3ccc(C#N)cc3)ccc2c1.